The molecular weight excluding hydrogens is 244 g/mol. The van der Waals surface area contributed by atoms with E-state index in [9.17, 15) is 0 Å². The third kappa shape index (κ3) is 4.96. The SMILES string of the molecule is CCCCCCCCC(NN)c1sccc1OC. The molecule has 1 atom stereocenters. The first-order valence-electron chi connectivity index (χ1n) is 6.91. The van der Waals surface area contributed by atoms with Crippen LogP contribution in [0.4, 0.5) is 0 Å². The summed E-state index contributed by atoms with van der Waals surface area (Å²) in [6.45, 7) is 2.25. The topological polar surface area (TPSA) is 47.3 Å². The molecule has 4 heteroatoms. The molecule has 3 nitrogen and oxygen atoms in total. The lowest BCUT2D eigenvalue weighted by Gasteiger charge is -2.15. The van der Waals surface area contributed by atoms with E-state index in [0.29, 0.717) is 0 Å². The summed E-state index contributed by atoms with van der Waals surface area (Å²) in [7, 11) is 1.71. The highest BCUT2D eigenvalue weighted by atomic mass is 32.1. The molecule has 0 aliphatic carbocycles. The van der Waals surface area contributed by atoms with Crippen LogP contribution in [0.1, 0.15) is 62.8 Å². The van der Waals surface area contributed by atoms with Gasteiger partial charge in [0.05, 0.1) is 18.0 Å². The van der Waals surface area contributed by atoms with Crippen molar-refractivity contribution in [1.29, 1.82) is 0 Å². The monoisotopic (exact) mass is 270 g/mol. The minimum atomic E-state index is 0.228. The summed E-state index contributed by atoms with van der Waals surface area (Å²) in [6, 6.07) is 2.23. The van der Waals surface area contributed by atoms with Crippen LogP contribution >= 0.6 is 11.3 Å². The molecule has 0 aliphatic heterocycles. The first-order chi connectivity index (χ1) is 8.83. The molecule has 3 N–H and O–H groups in total. The number of nitrogens with two attached hydrogens (primary N) is 1. The lowest BCUT2D eigenvalue weighted by Crippen LogP contribution is -2.27. The highest BCUT2D eigenvalue weighted by Crippen LogP contribution is 2.33. The molecule has 1 rings (SSSR count). The minimum absolute atomic E-state index is 0.228. The lowest BCUT2D eigenvalue weighted by molar-refractivity contribution is 0.397. The summed E-state index contributed by atoms with van der Waals surface area (Å²) in [5.41, 5.74) is 2.91. The first kappa shape index (κ1) is 15.5. The Balaban J connectivity index is 2.29. The van der Waals surface area contributed by atoms with Crippen LogP contribution in [0.25, 0.3) is 0 Å². The number of ether oxygens (including phenoxy) is 1. The maximum atomic E-state index is 5.65. The fraction of sp³-hybridized carbons (Fsp3) is 0.714. The van der Waals surface area contributed by atoms with E-state index in [1.54, 1.807) is 18.4 Å². The average Bonchev–Trinajstić information content (AvgIpc) is 2.86. The number of nitrogens with one attached hydrogen (secondary N) is 1. The van der Waals surface area contributed by atoms with Crippen LogP contribution in [-0.4, -0.2) is 7.11 Å². The van der Waals surface area contributed by atoms with Crippen LogP contribution in [0.15, 0.2) is 11.4 Å². The maximum Gasteiger partial charge on any atom is 0.134 e. The van der Waals surface area contributed by atoms with Gasteiger partial charge < -0.3 is 4.74 Å². The van der Waals surface area contributed by atoms with Crippen molar-refractivity contribution >= 4 is 11.3 Å². The van der Waals surface area contributed by atoms with E-state index in [4.69, 9.17) is 10.6 Å². The number of hydrogen-bond donors (Lipinski definition) is 2. The molecule has 0 aromatic carbocycles. The van der Waals surface area contributed by atoms with Gasteiger partial charge in [-0.3, -0.25) is 11.3 Å². The lowest BCUT2D eigenvalue weighted by atomic mass is 10.0. The smallest absolute Gasteiger partial charge is 0.134 e. The van der Waals surface area contributed by atoms with Gasteiger partial charge in [0.15, 0.2) is 0 Å². The second-order valence-corrected chi connectivity index (χ2v) is 5.58. The molecule has 0 radical (unpaired) electrons. The van der Waals surface area contributed by atoms with Gasteiger partial charge >= 0.3 is 0 Å². The van der Waals surface area contributed by atoms with Crippen molar-refractivity contribution in [3.8, 4) is 5.75 Å². The van der Waals surface area contributed by atoms with Crippen LogP contribution in [-0.2, 0) is 0 Å². The summed E-state index contributed by atoms with van der Waals surface area (Å²) in [5, 5.41) is 2.06. The summed E-state index contributed by atoms with van der Waals surface area (Å²) < 4.78 is 5.34. The molecule has 1 unspecified atom stereocenters. The van der Waals surface area contributed by atoms with Crippen molar-refractivity contribution < 1.29 is 4.74 Å². The van der Waals surface area contributed by atoms with Crippen molar-refractivity contribution in [1.82, 2.24) is 5.43 Å². The van der Waals surface area contributed by atoms with E-state index >= 15 is 0 Å². The number of rotatable bonds is 10. The third-order valence-electron chi connectivity index (χ3n) is 3.24. The van der Waals surface area contributed by atoms with Crippen LogP contribution in [0, 0.1) is 0 Å². The number of hydrazine groups is 1. The van der Waals surface area contributed by atoms with Gasteiger partial charge in [0, 0.05) is 0 Å². The van der Waals surface area contributed by atoms with Gasteiger partial charge in [-0.2, -0.15) is 0 Å². The van der Waals surface area contributed by atoms with Gasteiger partial charge in [-0.15, -0.1) is 11.3 Å². The number of thiophene rings is 1. The van der Waals surface area contributed by atoms with Crippen molar-refractivity contribution in [2.45, 2.75) is 57.9 Å². The number of methoxy groups -OCH3 is 1. The predicted molar refractivity (Wildman–Crippen MR) is 78.9 cm³/mol. The molecule has 1 aromatic rings. The third-order valence-corrected chi connectivity index (χ3v) is 4.25. The van der Waals surface area contributed by atoms with Gasteiger partial charge in [-0.25, -0.2) is 0 Å². The Morgan fingerprint density at radius 1 is 1.28 bits per heavy atom. The van der Waals surface area contributed by atoms with Crippen molar-refractivity contribution in [2.75, 3.05) is 7.11 Å². The molecule has 0 saturated carbocycles. The molecule has 0 amide bonds. The second kappa shape index (κ2) is 9.36. The quantitative estimate of drug-likeness (QED) is 0.383. The number of unbranched alkanes of at least 4 members (excludes halogenated alkanes) is 5. The van der Waals surface area contributed by atoms with Crippen molar-refractivity contribution in [3.05, 3.63) is 16.3 Å². The van der Waals surface area contributed by atoms with E-state index in [0.717, 1.165) is 12.2 Å². The van der Waals surface area contributed by atoms with E-state index in [2.05, 4.69) is 17.7 Å². The summed E-state index contributed by atoms with van der Waals surface area (Å²) in [6.07, 6.45) is 8.97. The zero-order chi connectivity index (χ0) is 13.2. The molecule has 0 aliphatic rings. The van der Waals surface area contributed by atoms with Crippen molar-refractivity contribution in [3.63, 3.8) is 0 Å². The second-order valence-electron chi connectivity index (χ2n) is 4.63. The largest absolute Gasteiger partial charge is 0.496 e. The highest BCUT2D eigenvalue weighted by Gasteiger charge is 2.15. The standard InChI is InChI=1S/C14H26N2OS/c1-3-4-5-6-7-8-9-12(16-15)14-13(17-2)10-11-18-14/h10-12,16H,3-9,15H2,1-2H3. The Kier molecular flexibility index (Phi) is 8.05. The van der Waals surface area contributed by atoms with Gasteiger partial charge in [0.25, 0.3) is 0 Å². The minimum Gasteiger partial charge on any atom is -0.496 e. The Bertz CT molecular complexity index is 314. The van der Waals surface area contributed by atoms with Crippen LogP contribution < -0.4 is 16.0 Å². The molecular formula is C14H26N2OS. The Hall–Kier alpha value is -0.580. The van der Waals surface area contributed by atoms with Crippen LogP contribution in [0.3, 0.4) is 0 Å². The van der Waals surface area contributed by atoms with Gasteiger partial charge in [0.1, 0.15) is 5.75 Å². The average molecular weight is 270 g/mol. The maximum absolute atomic E-state index is 5.65. The summed E-state index contributed by atoms with van der Waals surface area (Å²) in [4.78, 5) is 1.22. The molecule has 0 fully saturated rings. The van der Waals surface area contributed by atoms with Crippen LogP contribution in [0.5, 0.6) is 5.75 Å². The molecule has 1 aromatic heterocycles. The fourth-order valence-corrected chi connectivity index (χ4v) is 3.11. The number of hydrogen-bond acceptors (Lipinski definition) is 4. The van der Waals surface area contributed by atoms with Crippen molar-refractivity contribution in [2.24, 2.45) is 5.84 Å². The normalized spacial score (nSPS) is 12.6. The molecule has 18 heavy (non-hydrogen) atoms. The van der Waals surface area contributed by atoms with Gasteiger partial charge in [-0.05, 0) is 17.9 Å². The molecule has 0 spiro atoms. The molecule has 104 valence electrons. The van der Waals surface area contributed by atoms with E-state index in [1.807, 2.05) is 6.07 Å². The Morgan fingerprint density at radius 2 is 2.00 bits per heavy atom. The molecule has 0 saturated heterocycles. The van der Waals surface area contributed by atoms with Gasteiger partial charge in [-0.1, -0.05) is 45.4 Å². The van der Waals surface area contributed by atoms with Gasteiger partial charge in [0.2, 0.25) is 0 Å². The fourth-order valence-electron chi connectivity index (χ4n) is 2.15. The zero-order valence-electron chi connectivity index (χ0n) is 11.6. The molecule has 1 heterocycles. The summed E-state index contributed by atoms with van der Waals surface area (Å²) in [5.74, 6) is 6.60. The Morgan fingerprint density at radius 3 is 2.67 bits per heavy atom. The molecule has 0 bridgehead atoms. The Labute approximate surface area is 115 Å². The predicted octanol–water partition coefficient (Wildman–Crippen LogP) is 4.01. The van der Waals surface area contributed by atoms with E-state index in [1.165, 1.54) is 43.4 Å². The van der Waals surface area contributed by atoms with Crippen LogP contribution in [0.2, 0.25) is 0 Å². The van der Waals surface area contributed by atoms with E-state index < -0.39 is 0 Å². The zero-order valence-corrected chi connectivity index (χ0v) is 12.4. The first-order valence-corrected chi connectivity index (χ1v) is 7.79. The van der Waals surface area contributed by atoms with E-state index in [-0.39, 0.29) is 6.04 Å². The summed E-state index contributed by atoms with van der Waals surface area (Å²) >= 11 is 1.71. The highest BCUT2D eigenvalue weighted by molar-refractivity contribution is 7.10.